The van der Waals surface area contributed by atoms with Crippen LogP contribution in [0.4, 0.5) is 18.9 Å². The molecule has 0 spiro atoms. The zero-order valence-electron chi connectivity index (χ0n) is 17.6. The molecule has 0 unspecified atom stereocenters. The number of hydrogen-bond donors (Lipinski definition) is 1. The topological polar surface area (TPSA) is 61.9 Å². The summed E-state index contributed by atoms with van der Waals surface area (Å²) >= 11 is 6.38. The van der Waals surface area contributed by atoms with Gasteiger partial charge >= 0.3 is 11.9 Å². The van der Waals surface area contributed by atoms with E-state index in [2.05, 4.69) is 4.90 Å². The Bertz CT molecular complexity index is 1180. The highest BCUT2D eigenvalue weighted by Gasteiger charge is 2.32. The number of benzene rings is 2. The van der Waals surface area contributed by atoms with Gasteiger partial charge in [0.2, 0.25) is 0 Å². The van der Waals surface area contributed by atoms with Crippen LogP contribution in [0.2, 0.25) is 5.02 Å². The SMILES string of the molecule is C[C@@H]([C@H](O)c1cc2oc(=O)n(C)c2cc1Cl)N1CCN(c2cccc(C(F)(F)F)c2)CC1. The first-order valence-corrected chi connectivity index (χ1v) is 10.6. The number of aryl methyl sites for hydroxylation is 1. The third kappa shape index (κ3) is 4.24. The summed E-state index contributed by atoms with van der Waals surface area (Å²) in [6, 6.07) is 8.19. The normalized spacial score (nSPS) is 17.7. The monoisotopic (exact) mass is 469 g/mol. The van der Waals surface area contributed by atoms with Crippen LogP contribution in [-0.4, -0.2) is 46.8 Å². The third-order valence-electron chi connectivity index (χ3n) is 6.12. The summed E-state index contributed by atoms with van der Waals surface area (Å²) in [7, 11) is 1.58. The maximum atomic E-state index is 13.0. The summed E-state index contributed by atoms with van der Waals surface area (Å²) in [4.78, 5) is 15.7. The molecule has 1 aromatic heterocycles. The molecular weight excluding hydrogens is 447 g/mol. The van der Waals surface area contributed by atoms with Crippen molar-refractivity contribution in [3.63, 3.8) is 0 Å². The van der Waals surface area contributed by atoms with Crippen LogP contribution in [0.15, 0.2) is 45.6 Å². The Kier molecular flexibility index (Phi) is 6.00. The Morgan fingerprint density at radius 1 is 1.12 bits per heavy atom. The van der Waals surface area contributed by atoms with E-state index in [0.717, 1.165) is 12.1 Å². The molecule has 6 nitrogen and oxygen atoms in total. The van der Waals surface area contributed by atoms with Gasteiger partial charge in [-0.05, 0) is 37.3 Å². The number of fused-ring (bicyclic) bond motifs is 1. The first-order chi connectivity index (χ1) is 15.1. The Morgan fingerprint density at radius 2 is 1.81 bits per heavy atom. The number of oxazole rings is 1. The molecule has 1 saturated heterocycles. The highest BCUT2D eigenvalue weighted by atomic mass is 35.5. The smallest absolute Gasteiger partial charge is 0.408 e. The second kappa shape index (κ2) is 8.46. The molecular formula is C22H23ClF3N3O3. The predicted molar refractivity (Wildman–Crippen MR) is 116 cm³/mol. The number of rotatable bonds is 4. The molecule has 10 heteroatoms. The van der Waals surface area contributed by atoms with Crippen molar-refractivity contribution in [2.75, 3.05) is 31.1 Å². The lowest BCUT2D eigenvalue weighted by atomic mass is 10.0. The molecule has 1 aliphatic rings. The molecule has 0 radical (unpaired) electrons. The van der Waals surface area contributed by atoms with Gasteiger partial charge < -0.3 is 14.4 Å². The average Bonchev–Trinajstić information content (AvgIpc) is 3.04. The molecule has 0 amide bonds. The van der Waals surface area contributed by atoms with Gasteiger partial charge in [0.05, 0.1) is 17.2 Å². The number of nitrogens with zero attached hydrogens (tertiary/aromatic N) is 3. The van der Waals surface area contributed by atoms with Crippen LogP contribution in [-0.2, 0) is 13.2 Å². The van der Waals surface area contributed by atoms with Crippen molar-refractivity contribution < 1.29 is 22.7 Å². The maximum Gasteiger partial charge on any atom is 0.419 e. The van der Waals surface area contributed by atoms with E-state index in [0.29, 0.717) is 53.6 Å². The van der Waals surface area contributed by atoms with Crippen molar-refractivity contribution in [3.05, 3.63) is 63.1 Å². The van der Waals surface area contributed by atoms with Crippen molar-refractivity contribution in [1.29, 1.82) is 0 Å². The minimum absolute atomic E-state index is 0.302. The summed E-state index contributed by atoms with van der Waals surface area (Å²) < 4.78 is 45.6. The Balaban J connectivity index is 1.47. The van der Waals surface area contributed by atoms with E-state index in [-0.39, 0.29) is 6.04 Å². The minimum Gasteiger partial charge on any atom is -0.408 e. The van der Waals surface area contributed by atoms with Crippen molar-refractivity contribution in [2.24, 2.45) is 7.05 Å². The molecule has 2 atom stereocenters. The number of hydrogen-bond acceptors (Lipinski definition) is 5. The summed E-state index contributed by atoms with van der Waals surface area (Å²) in [5.41, 5.74) is 1.20. The van der Waals surface area contributed by atoms with Gasteiger partial charge in [-0.25, -0.2) is 4.79 Å². The van der Waals surface area contributed by atoms with Crippen LogP contribution in [0.25, 0.3) is 11.1 Å². The molecule has 1 aliphatic heterocycles. The van der Waals surface area contributed by atoms with Crippen LogP contribution in [0, 0.1) is 0 Å². The summed E-state index contributed by atoms with van der Waals surface area (Å²) in [6.07, 6.45) is -5.31. The van der Waals surface area contributed by atoms with Gasteiger partial charge in [-0.2, -0.15) is 13.2 Å². The molecule has 3 aromatic rings. The standard InChI is InChI=1S/C22H23ClF3N3O3/c1-13(20(30)16-11-19-18(12-17(16)23)27(2)21(31)32-19)28-6-8-29(9-7-28)15-5-3-4-14(10-15)22(24,25)26/h3-5,10-13,20,30H,6-9H2,1-2H3/t13-,20-/m0/s1. The molecule has 2 aromatic carbocycles. The van der Waals surface area contributed by atoms with Crippen LogP contribution in [0.1, 0.15) is 24.2 Å². The molecule has 1 N–H and O–H groups in total. The molecule has 1 fully saturated rings. The van der Waals surface area contributed by atoms with Crippen molar-refractivity contribution in [1.82, 2.24) is 9.47 Å². The van der Waals surface area contributed by atoms with E-state index in [9.17, 15) is 23.1 Å². The van der Waals surface area contributed by atoms with E-state index < -0.39 is 23.6 Å². The predicted octanol–water partition coefficient (Wildman–Crippen LogP) is 4.05. The summed E-state index contributed by atoms with van der Waals surface area (Å²) in [5.74, 6) is -0.513. The zero-order chi connectivity index (χ0) is 23.2. The van der Waals surface area contributed by atoms with E-state index in [4.69, 9.17) is 16.0 Å². The molecule has 4 rings (SSSR count). The van der Waals surface area contributed by atoms with E-state index >= 15 is 0 Å². The first-order valence-electron chi connectivity index (χ1n) is 10.2. The number of aliphatic hydroxyl groups is 1. The fraction of sp³-hybridized carbons (Fsp3) is 0.409. The van der Waals surface area contributed by atoms with Crippen LogP contribution in [0.5, 0.6) is 0 Å². The minimum atomic E-state index is -4.38. The highest BCUT2D eigenvalue weighted by Crippen LogP contribution is 2.33. The number of aromatic nitrogens is 1. The molecule has 0 aliphatic carbocycles. The quantitative estimate of drug-likeness (QED) is 0.624. The second-order valence-electron chi connectivity index (χ2n) is 8.02. The van der Waals surface area contributed by atoms with Crippen molar-refractivity contribution >= 4 is 28.4 Å². The Hall–Kier alpha value is -2.49. The van der Waals surface area contributed by atoms with Crippen LogP contribution in [0.3, 0.4) is 0 Å². The number of aliphatic hydroxyl groups excluding tert-OH is 1. The molecule has 2 heterocycles. The Labute approximate surface area is 187 Å². The van der Waals surface area contributed by atoms with Gasteiger partial charge in [0, 0.05) is 55.5 Å². The molecule has 32 heavy (non-hydrogen) atoms. The number of halogens is 4. The number of piperazine rings is 1. The van der Waals surface area contributed by atoms with Gasteiger partial charge in [-0.3, -0.25) is 9.47 Å². The Morgan fingerprint density at radius 3 is 2.47 bits per heavy atom. The third-order valence-corrected chi connectivity index (χ3v) is 6.44. The molecule has 0 bridgehead atoms. The molecule has 0 saturated carbocycles. The van der Waals surface area contributed by atoms with Crippen molar-refractivity contribution in [3.8, 4) is 0 Å². The van der Waals surface area contributed by atoms with E-state index in [1.54, 1.807) is 25.2 Å². The van der Waals surface area contributed by atoms with Gasteiger partial charge in [-0.15, -0.1) is 0 Å². The van der Waals surface area contributed by atoms with E-state index in [1.807, 2.05) is 11.8 Å². The van der Waals surface area contributed by atoms with Crippen LogP contribution >= 0.6 is 11.6 Å². The zero-order valence-corrected chi connectivity index (χ0v) is 18.3. The van der Waals surface area contributed by atoms with Crippen molar-refractivity contribution in [2.45, 2.75) is 25.2 Å². The lowest BCUT2D eigenvalue weighted by Gasteiger charge is -2.40. The lowest BCUT2D eigenvalue weighted by molar-refractivity contribution is -0.137. The summed E-state index contributed by atoms with van der Waals surface area (Å²) in [5, 5.41) is 11.3. The summed E-state index contributed by atoms with van der Waals surface area (Å²) in [6.45, 7) is 4.05. The fourth-order valence-corrected chi connectivity index (χ4v) is 4.39. The van der Waals surface area contributed by atoms with Gasteiger partial charge in [0.25, 0.3) is 0 Å². The molecule has 172 valence electrons. The van der Waals surface area contributed by atoms with Gasteiger partial charge in [0.15, 0.2) is 5.58 Å². The van der Waals surface area contributed by atoms with Gasteiger partial charge in [-0.1, -0.05) is 17.7 Å². The maximum absolute atomic E-state index is 13.0. The highest BCUT2D eigenvalue weighted by molar-refractivity contribution is 6.32. The lowest BCUT2D eigenvalue weighted by Crippen LogP contribution is -2.51. The van der Waals surface area contributed by atoms with Gasteiger partial charge in [0.1, 0.15) is 0 Å². The number of anilines is 1. The fourth-order valence-electron chi connectivity index (χ4n) is 4.12. The average molecular weight is 470 g/mol. The number of alkyl halides is 3. The largest absolute Gasteiger partial charge is 0.419 e. The first kappa shape index (κ1) is 22.7. The van der Waals surface area contributed by atoms with E-state index in [1.165, 1.54) is 10.6 Å². The second-order valence-corrected chi connectivity index (χ2v) is 8.43. The van der Waals surface area contributed by atoms with Crippen LogP contribution < -0.4 is 10.7 Å².